The molecular weight excluding hydrogens is 259 g/mol. The van der Waals surface area contributed by atoms with E-state index < -0.39 is 23.9 Å². The summed E-state index contributed by atoms with van der Waals surface area (Å²) in [4.78, 5) is 18.6. The third-order valence-electron chi connectivity index (χ3n) is 2.91. The minimum Gasteiger partial charge on any atom is -0.369 e. The Morgan fingerprint density at radius 2 is 2.21 bits per heavy atom. The molecule has 0 radical (unpaired) electrons. The molecule has 2 N–H and O–H groups in total. The van der Waals surface area contributed by atoms with Crippen LogP contribution in [0.2, 0.25) is 0 Å². The summed E-state index contributed by atoms with van der Waals surface area (Å²) in [6.45, 7) is 0. The van der Waals surface area contributed by atoms with Crippen molar-refractivity contribution in [3.05, 3.63) is 42.5 Å². The first-order valence-electron chi connectivity index (χ1n) is 5.39. The fourth-order valence-corrected chi connectivity index (χ4v) is 1.99. The van der Waals surface area contributed by atoms with E-state index in [9.17, 15) is 18.0 Å². The van der Waals surface area contributed by atoms with Gasteiger partial charge in [0.15, 0.2) is 0 Å². The van der Waals surface area contributed by atoms with E-state index in [0.29, 0.717) is 0 Å². The summed E-state index contributed by atoms with van der Waals surface area (Å²) in [5.41, 5.74) is 1.43. The largest absolute Gasteiger partial charge is 0.369 e. The number of nitrogens with two attached hydrogens (primary N) is 1. The monoisotopic (exact) mass is 269 g/mol. The Balaban J connectivity index is 2.56. The average Bonchev–Trinajstić information content (AvgIpc) is 2.39. The Bertz CT molecular complexity index is 544. The lowest BCUT2D eigenvalue weighted by Crippen LogP contribution is -2.48. The van der Waals surface area contributed by atoms with E-state index in [1.54, 1.807) is 0 Å². The summed E-state index contributed by atoms with van der Waals surface area (Å²) in [5.74, 6) is -2.89. The molecule has 0 aliphatic heterocycles. The normalized spacial score (nSPS) is 26.3. The maximum atomic E-state index is 14.7. The molecule has 4 nitrogen and oxygen atoms in total. The first-order valence-corrected chi connectivity index (χ1v) is 5.39. The maximum absolute atomic E-state index is 14.7. The van der Waals surface area contributed by atoms with Crippen LogP contribution in [0.5, 0.6) is 0 Å². The minimum atomic E-state index is -3.41. The second-order valence-electron chi connectivity index (χ2n) is 4.01. The van der Waals surface area contributed by atoms with Crippen LogP contribution in [0.1, 0.15) is 5.69 Å². The van der Waals surface area contributed by atoms with Crippen molar-refractivity contribution in [3.8, 4) is 0 Å². The highest BCUT2D eigenvalue weighted by atomic mass is 19.3. The molecule has 2 atom stereocenters. The fraction of sp³-hybridized carbons (Fsp3) is 0.250. The van der Waals surface area contributed by atoms with Gasteiger partial charge in [0, 0.05) is 11.8 Å². The highest BCUT2D eigenvalue weighted by molar-refractivity contribution is 5.87. The molecule has 19 heavy (non-hydrogen) atoms. The summed E-state index contributed by atoms with van der Waals surface area (Å²) in [6, 6.07) is 1.29. The maximum Gasteiger partial charge on any atom is 0.277 e. The number of carbonyl (C=O) groups is 1. The van der Waals surface area contributed by atoms with Gasteiger partial charge in [0.05, 0.1) is 5.69 Å². The smallest absolute Gasteiger partial charge is 0.277 e. The number of alkyl halides is 3. The molecule has 1 aliphatic rings. The van der Waals surface area contributed by atoms with Crippen LogP contribution in [-0.4, -0.2) is 28.0 Å². The zero-order chi connectivity index (χ0) is 14.0. The molecule has 0 bridgehead atoms. The highest BCUT2D eigenvalue weighted by Gasteiger charge is 2.54. The average molecular weight is 269 g/mol. The van der Waals surface area contributed by atoms with Gasteiger partial charge in [0.2, 0.25) is 11.6 Å². The lowest BCUT2D eigenvalue weighted by atomic mass is 9.77. The SMILES string of the molecule is NC(=O)C1C=CC=C(c2ccncn2)C1(F)C(F)F. The van der Waals surface area contributed by atoms with Gasteiger partial charge < -0.3 is 5.73 Å². The molecule has 2 unspecified atom stereocenters. The van der Waals surface area contributed by atoms with Gasteiger partial charge in [0.1, 0.15) is 12.2 Å². The van der Waals surface area contributed by atoms with Crippen molar-refractivity contribution >= 4 is 11.5 Å². The number of amides is 1. The molecule has 2 rings (SSSR count). The van der Waals surface area contributed by atoms with Crippen molar-refractivity contribution in [2.24, 2.45) is 11.7 Å². The van der Waals surface area contributed by atoms with Gasteiger partial charge in [-0.05, 0) is 6.07 Å². The van der Waals surface area contributed by atoms with Crippen LogP contribution in [0.4, 0.5) is 13.2 Å². The number of allylic oxidation sites excluding steroid dienone is 3. The molecule has 1 aliphatic carbocycles. The molecule has 0 saturated heterocycles. The van der Waals surface area contributed by atoms with Gasteiger partial charge in [-0.3, -0.25) is 4.79 Å². The fourth-order valence-electron chi connectivity index (χ4n) is 1.99. The number of nitrogens with zero attached hydrogens (tertiary/aromatic N) is 2. The van der Waals surface area contributed by atoms with E-state index in [0.717, 1.165) is 18.5 Å². The Hall–Kier alpha value is -2.18. The topological polar surface area (TPSA) is 68.9 Å². The van der Waals surface area contributed by atoms with Gasteiger partial charge in [-0.25, -0.2) is 23.1 Å². The molecule has 100 valence electrons. The highest BCUT2D eigenvalue weighted by Crippen LogP contribution is 2.44. The predicted octanol–water partition coefficient (Wildman–Crippen LogP) is 1.50. The number of rotatable bonds is 3. The summed E-state index contributed by atoms with van der Waals surface area (Å²) in [6.07, 6.45) is 2.50. The number of aromatic nitrogens is 2. The molecule has 1 heterocycles. The molecular formula is C12H10F3N3O. The standard InChI is InChI=1S/C12H10F3N3O/c13-11(14)12(15)7(9-4-5-17-6-18-9)2-1-3-8(12)10(16)19/h1-6,8,11H,(H2,16,19). The zero-order valence-corrected chi connectivity index (χ0v) is 9.63. The molecule has 7 heteroatoms. The zero-order valence-electron chi connectivity index (χ0n) is 9.63. The van der Waals surface area contributed by atoms with Crippen molar-refractivity contribution < 1.29 is 18.0 Å². The Kier molecular flexibility index (Phi) is 3.37. The Morgan fingerprint density at radius 3 is 2.74 bits per heavy atom. The molecule has 1 amide bonds. The van der Waals surface area contributed by atoms with Crippen LogP contribution in [0.3, 0.4) is 0 Å². The minimum absolute atomic E-state index is 0.00611. The molecule has 0 spiro atoms. The van der Waals surface area contributed by atoms with Crippen molar-refractivity contribution in [3.63, 3.8) is 0 Å². The van der Waals surface area contributed by atoms with E-state index in [4.69, 9.17) is 5.73 Å². The Labute approximate surface area is 106 Å². The first kappa shape index (κ1) is 13.3. The second kappa shape index (κ2) is 4.83. The van der Waals surface area contributed by atoms with Crippen molar-refractivity contribution in [1.29, 1.82) is 0 Å². The van der Waals surface area contributed by atoms with E-state index in [1.165, 1.54) is 18.3 Å². The molecule has 0 saturated carbocycles. The first-order chi connectivity index (χ1) is 8.98. The summed E-state index contributed by atoms with van der Waals surface area (Å²) in [5, 5.41) is 0. The quantitative estimate of drug-likeness (QED) is 0.904. The van der Waals surface area contributed by atoms with Gasteiger partial charge in [0.25, 0.3) is 6.43 Å². The summed E-state index contributed by atoms with van der Waals surface area (Å²) < 4.78 is 41.0. The molecule has 1 aromatic heterocycles. The van der Waals surface area contributed by atoms with Crippen molar-refractivity contribution in [2.45, 2.75) is 12.1 Å². The summed E-state index contributed by atoms with van der Waals surface area (Å²) in [7, 11) is 0. The number of hydrogen-bond acceptors (Lipinski definition) is 3. The third-order valence-corrected chi connectivity index (χ3v) is 2.91. The number of carbonyl (C=O) groups excluding carboxylic acids is 1. The van der Waals surface area contributed by atoms with Crippen LogP contribution in [-0.2, 0) is 4.79 Å². The molecule has 0 fully saturated rings. The lowest BCUT2D eigenvalue weighted by Gasteiger charge is -2.33. The number of halogens is 3. The van der Waals surface area contributed by atoms with Crippen LogP contribution in [0.25, 0.3) is 5.57 Å². The predicted molar refractivity (Wildman–Crippen MR) is 61.7 cm³/mol. The van der Waals surface area contributed by atoms with Crippen LogP contribution < -0.4 is 5.73 Å². The lowest BCUT2D eigenvalue weighted by molar-refractivity contribution is -0.127. The van der Waals surface area contributed by atoms with Gasteiger partial charge in [-0.15, -0.1) is 0 Å². The number of hydrogen-bond donors (Lipinski definition) is 1. The van der Waals surface area contributed by atoms with Gasteiger partial charge in [-0.1, -0.05) is 18.2 Å². The van der Waals surface area contributed by atoms with E-state index in [-0.39, 0.29) is 11.3 Å². The van der Waals surface area contributed by atoms with Crippen molar-refractivity contribution in [2.75, 3.05) is 0 Å². The van der Waals surface area contributed by atoms with Crippen LogP contribution in [0, 0.1) is 5.92 Å². The van der Waals surface area contributed by atoms with E-state index >= 15 is 0 Å². The van der Waals surface area contributed by atoms with E-state index in [1.807, 2.05) is 0 Å². The third kappa shape index (κ3) is 2.11. The van der Waals surface area contributed by atoms with Gasteiger partial charge in [-0.2, -0.15) is 0 Å². The van der Waals surface area contributed by atoms with Crippen LogP contribution >= 0.6 is 0 Å². The number of primary amides is 1. The van der Waals surface area contributed by atoms with E-state index in [2.05, 4.69) is 9.97 Å². The molecule has 0 aromatic carbocycles. The van der Waals surface area contributed by atoms with Gasteiger partial charge >= 0.3 is 0 Å². The second-order valence-corrected chi connectivity index (χ2v) is 4.01. The van der Waals surface area contributed by atoms with Crippen molar-refractivity contribution in [1.82, 2.24) is 9.97 Å². The Morgan fingerprint density at radius 1 is 1.47 bits per heavy atom. The summed E-state index contributed by atoms with van der Waals surface area (Å²) >= 11 is 0. The van der Waals surface area contributed by atoms with Crippen LogP contribution in [0.15, 0.2) is 36.8 Å². The molecule has 1 aromatic rings.